The normalized spacial score (nSPS) is 18.7. The number of aromatic nitrogens is 1. The van der Waals surface area contributed by atoms with Gasteiger partial charge < -0.3 is 19.7 Å². The standard InChI is InChI=1S/C24H23F3N2O4/c1-3-13-10-28(7-6-20(13)30)22-12(2)21-15(9-18(22)27)23(31)16(24(32)33)11-29(21)19-5-4-14(25)8-17(19)26/h4-5,8-9,11,13,20,30H,3,6-7,10H2,1-2H3,(H,32,33). The van der Waals surface area contributed by atoms with Crippen LogP contribution in [0.1, 0.15) is 35.7 Å². The summed E-state index contributed by atoms with van der Waals surface area (Å²) in [7, 11) is 0. The van der Waals surface area contributed by atoms with Crippen LogP contribution in [0.2, 0.25) is 0 Å². The number of nitrogens with zero attached hydrogens (tertiary/aromatic N) is 2. The Morgan fingerprint density at radius 1 is 1.18 bits per heavy atom. The summed E-state index contributed by atoms with van der Waals surface area (Å²) in [6, 6.07) is 3.77. The van der Waals surface area contributed by atoms with E-state index in [1.54, 1.807) is 11.8 Å². The highest BCUT2D eigenvalue weighted by molar-refractivity contribution is 5.96. The number of hydrogen-bond donors (Lipinski definition) is 2. The number of carboxylic acid groups (broad SMARTS) is 1. The number of hydrogen-bond acceptors (Lipinski definition) is 4. The van der Waals surface area contributed by atoms with Crippen molar-refractivity contribution in [2.75, 3.05) is 18.0 Å². The van der Waals surface area contributed by atoms with E-state index >= 15 is 4.39 Å². The molecule has 0 radical (unpaired) electrons. The fourth-order valence-corrected chi connectivity index (χ4v) is 4.67. The summed E-state index contributed by atoms with van der Waals surface area (Å²) < 4.78 is 44.7. The van der Waals surface area contributed by atoms with Crippen LogP contribution in [0, 0.1) is 30.3 Å². The molecule has 1 fully saturated rings. The molecule has 2 N–H and O–H groups in total. The van der Waals surface area contributed by atoms with Gasteiger partial charge in [0.15, 0.2) is 0 Å². The van der Waals surface area contributed by atoms with E-state index in [0.717, 1.165) is 29.0 Å². The Morgan fingerprint density at radius 3 is 2.55 bits per heavy atom. The molecule has 0 amide bonds. The molecule has 33 heavy (non-hydrogen) atoms. The van der Waals surface area contributed by atoms with Crippen molar-refractivity contribution in [2.24, 2.45) is 5.92 Å². The van der Waals surface area contributed by atoms with Gasteiger partial charge in [0, 0.05) is 36.8 Å². The molecule has 1 aliphatic rings. The van der Waals surface area contributed by atoms with Crippen LogP contribution in [0.3, 0.4) is 0 Å². The van der Waals surface area contributed by atoms with Gasteiger partial charge in [-0.05, 0) is 38.0 Å². The van der Waals surface area contributed by atoms with Crippen LogP contribution in [-0.2, 0) is 0 Å². The third kappa shape index (κ3) is 3.86. The third-order valence-corrected chi connectivity index (χ3v) is 6.39. The molecule has 0 bridgehead atoms. The zero-order valence-electron chi connectivity index (χ0n) is 18.1. The monoisotopic (exact) mass is 460 g/mol. The van der Waals surface area contributed by atoms with Crippen molar-refractivity contribution in [1.82, 2.24) is 4.57 Å². The molecule has 2 atom stereocenters. The minimum absolute atomic E-state index is 0.0700. The predicted molar refractivity (Wildman–Crippen MR) is 118 cm³/mol. The van der Waals surface area contributed by atoms with Gasteiger partial charge in [0.05, 0.1) is 28.4 Å². The lowest BCUT2D eigenvalue weighted by Crippen LogP contribution is -2.43. The van der Waals surface area contributed by atoms with E-state index in [0.29, 0.717) is 37.6 Å². The molecule has 1 aliphatic heterocycles. The lowest BCUT2D eigenvalue weighted by atomic mass is 9.91. The van der Waals surface area contributed by atoms with Gasteiger partial charge in [-0.1, -0.05) is 6.92 Å². The van der Waals surface area contributed by atoms with Gasteiger partial charge >= 0.3 is 5.97 Å². The summed E-state index contributed by atoms with van der Waals surface area (Å²) in [6.45, 7) is 4.28. The Balaban J connectivity index is 2.04. The SMILES string of the molecule is CCC1CN(c2c(F)cc3c(=O)c(C(=O)O)cn(-c4ccc(F)cc4F)c3c2C)CCC1O. The fraction of sp³-hybridized carbons (Fsp3) is 0.333. The summed E-state index contributed by atoms with van der Waals surface area (Å²) in [6.07, 6.45) is 1.61. The number of aryl methyl sites for hydroxylation is 1. The second kappa shape index (κ2) is 8.55. The van der Waals surface area contributed by atoms with Crippen LogP contribution >= 0.6 is 0 Å². The maximum Gasteiger partial charge on any atom is 0.341 e. The number of carbonyl (C=O) groups is 1. The molecule has 2 unspecified atom stereocenters. The molecule has 4 rings (SSSR count). The second-order valence-electron chi connectivity index (χ2n) is 8.34. The van der Waals surface area contributed by atoms with Crippen LogP contribution < -0.4 is 10.3 Å². The number of aliphatic hydroxyl groups is 1. The number of benzene rings is 2. The van der Waals surface area contributed by atoms with Gasteiger partial charge in [-0.15, -0.1) is 0 Å². The first-order chi connectivity index (χ1) is 15.6. The van der Waals surface area contributed by atoms with Crippen molar-refractivity contribution < 1.29 is 28.2 Å². The van der Waals surface area contributed by atoms with Crippen LogP contribution in [-0.4, -0.2) is 39.9 Å². The minimum atomic E-state index is -1.55. The Kier molecular flexibility index (Phi) is 5.92. The first-order valence-electron chi connectivity index (χ1n) is 10.6. The van der Waals surface area contributed by atoms with E-state index in [2.05, 4.69) is 0 Å². The van der Waals surface area contributed by atoms with Gasteiger partial charge in [-0.2, -0.15) is 0 Å². The fourth-order valence-electron chi connectivity index (χ4n) is 4.67. The summed E-state index contributed by atoms with van der Waals surface area (Å²) in [5.74, 6) is -4.11. The smallest absolute Gasteiger partial charge is 0.341 e. The lowest BCUT2D eigenvalue weighted by Gasteiger charge is -2.38. The first-order valence-corrected chi connectivity index (χ1v) is 10.6. The molecule has 0 spiro atoms. The third-order valence-electron chi connectivity index (χ3n) is 6.39. The number of rotatable bonds is 4. The van der Waals surface area contributed by atoms with E-state index in [4.69, 9.17) is 0 Å². The second-order valence-corrected chi connectivity index (χ2v) is 8.34. The Bertz CT molecular complexity index is 1320. The number of pyridine rings is 1. The summed E-state index contributed by atoms with van der Waals surface area (Å²) >= 11 is 0. The maximum atomic E-state index is 15.3. The van der Waals surface area contributed by atoms with Crippen molar-refractivity contribution in [3.05, 3.63) is 69.3 Å². The molecule has 9 heteroatoms. The number of aromatic carboxylic acids is 1. The Labute approximate surface area is 187 Å². The Morgan fingerprint density at radius 2 is 1.91 bits per heavy atom. The van der Waals surface area contributed by atoms with Crippen molar-refractivity contribution in [2.45, 2.75) is 32.8 Å². The average Bonchev–Trinajstić information content (AvgIpc) is 2.75. The van der Waals surface area contributed by atoms with Gasteiger partial charge in [-0.3, -0.25) is 4.79 Å². The molecular weight excluding hydrogens is 437 g/mol. The molecule has 174 valence electrons. The van der Waals surface area contributed by atoms with Crippen LogP contribution in [0.15, 0.2) is 35.3 Å². The minimum Gasteiger partial charge on any atom is -0.477 e. The molecule has 1 saturated heterocycles. The topological polar surface area (TPSA) is 82.8 Å². The molecule has 2 aromatic carbocycles. The maximum absolute atomic E-state index is 15.3. The summed E-state index contributed by atoms with van der Waals surface area (Å²) in [4.78, 5) is 26.3. The van der Waals surface area contributed by atoms with Crippen molar-refractivity contribution >= 4 is 22.6 Å². The van der Waals surface area contributed by atoms with Gasteiger partial charge in [-0.25, -0.2) is 18.0 Å². The number of anilines is 1. The summed E-state index contributed by atoms with van der Waals surface area (Å²) in [5.41, 5.74) is -1.09. The molecule has 3 aromatic rings. The highest BCUT2D eigenvalue weighted by Crippen LogP contribution is 2.35. The highest BCUT2D eigenvalue weighted by atomic mass is 19.1. The van der Waals surface area contributed by atoms with E-state index in [9.17, 15) is 28.6 Å². The lowest BCUT2D eigenvalue weighted by molar-refractivity contribution is 0.0695. The first kappa shape index (κ1) is 22.8. The van der Waals surface area contributed by atoms with Crippen molar-refractivity contribution in [3.63, 3.8) is 0 Å². The summed E-state index contributed by atoms with van der Waals surface area (Å²) in [5, 5.41) is 19.5. The average molecular weight is 460 g/mol. The van der Waals surface area contributed by atoms with Crippen LogP contribution in [0.25, 0.3) is 16.6 Å². The molecule has 1 aromatic heterocycles. The van der Waals surface area contributed by atoms with E-state index in [1.165, 1.54) is 0 Å². The molecular formula is C24H23F3N2O4. The predicted octanol–water partition coefficient (Wildman–Crippen LogP) is 4.01. The van der Waals surface area contributed by atoms with Crippen molar-refractivity contribution in [1.29, 1.82) is 0 Å². The van der Waals surface area contributed by atoms with E-state index in [-0.39, 0.29) is 28.2 Å². The quantitative estimate of drug-likeness (QED) is 0.615. The number of carboxylic acids is 1. The molecule has 0 aliphatic carbocycles. The number of fused-ring (bicyclic) bond motifs is 1. The van der Waals surface area contributed by atoms with E-state index in [1.807, 2.05) is 6.92 Å². The molecule has 0 saturated carbocycles. The zero-order valence-corrected chi connectivity index (χ0v) is 18.1. The largest absolute Gasteiger partial charge is 0.477 e. The zero-order chi connectivity index (χ0) is 24.0. The number of aliphatic hydroxyl groups excluding tert-OH is 1. The van der Waals surface area contributed by atoms with Gasteiger partial charge in [0.2, 0.25) is 5.43 Å². The highest BCUT2D eigenvalue weighted by Gasteiger charge is 2.30. The molecule has 2 heterocycles. The van der Waals surface area contributed by atoms with Crippen LogP contribution in [0.4, 0.5) is 18.9 Å². The van der Waals surface area contributed by atoms with E-state index < -0.39 is 40.5 Å². The van der Waals surface area contributed by atoms with Crippen LogP contribution in [0.5, 0.6) is 0 Å². The molecule has 6 nitrogen and oxygen atoms in total. The number of piperidine rings is 1. The Hall–Kier alpha value is -3.33. The van der Waals surface area contributed by atoms with Gasteiger partial charge in [0.25, 0.3) is 0 Å². The van der Waals surface area contributed by atoms with Gasteiger partial charge in [0.1, 0.15) is 23.0 Å². The number of halogens is 3. The van der Waals surface area contributed by atoms with Crippen molar-refractivity contribution in [3.8, 4) is 5.69 Å².